The normalized spacial score (nSPS) is 16.6. The molecule has 0 radical (unpaired) electrons. The van der Waals surface area contributed by atoms with Crippen LogP contribution in [0.3, 0.4) is 0 Å². The van der Waals surface area contributed by atoms with Crippen molar-refractivity contribution in [3.8, 4) is 5.75 Å². The van der Waals surface area contributed by atoms with Gasteiger partial charge in [-0.1, -0.05) is 36.4 Å². The Kier molecular flexibility index (Phi) is 6.72. The number of ether oxygens (including phenoxy) is 1. The Labute approximate surface area is 186 Å². The highest BCUT2D eigenvalue weighted by Gasteiger charge is 2.38. The van der Waals surface area contributed by atoms with Crippen molar-refractivity contribution in [2.45, 2.75) is 57.8 Å². The van der Waals surface area contributed by atoms with Crippen LogP contribution in [0.5, 0.6) is 5.75 Å². The lowest BCUT2D eigenvalue weighted by atomic mass is 9.92. The molecule has 1 aliphatic rings. The fraction of sp³-hybridized carbons (Fsp3) is 0.375. The Balaban J connectivity index is 1.89. The average Bonchev–Trinajstić information content (AvgIpc) is 2.72. The Morgan fingerprint density at radius 3 is 2.31 bits per heavy atom. The van der Waals surface area contributed by atoms with Crippen molar-refractivity contribution in [1.82, 2.24) is 10.2 Å². The van der Waals surface area contributed by atoms with Gasteiger partial charge in [-0.3, -0.25) is 4.79 Å². The monoisotopic (exact) mass is 440 g/mol. The number of nitrogens with zero attached hydrogens (tertiary/aromatic N) is 1. The minimum Gasteiger partial charge on any atom is -0.508 e. The third-order valence-corrected chi connectivity index (χ3v) is 5.18. The molecule has 0 bridgehead atoms. The molecule has 2 amide bonds. The number of benzene rings is 2. The minimum absolute atomic E-state index is 0.0790. The molecule has 170 valence electrons. The zero-order valence-electron chi connectivity index (χ0n) is 18.4. The number of carboxylic acid groups (broad SMARTS) is 1. The van der Waals surface area contributed by atoms with Crippen molar-refractivity contribution >= 4 is 18.0 Å². The molecular weight excluding hydrogens is 412 g/mol. The lowest BCUT2D eigenvalue weighted by Crippen LogP contribution is -2.56. The summed E-state index contributed by atoms with van der Waals surface area (Å²) < 4.78 is 5.32. The van der Waals surface area contributed by atoms with Gasteiger partial charge in [-0.15, -0.1) is 0 Å². The van der Waals surface area contributed by atoms with E-state index in [9.17, 15) is 24.6 Å². The molecule has 2 aromatic rings. The van der Waals surface area contributed by atoms with Crippen LogP contribution in [0.4, 0.5) is 4.79 Å². The van der Waals surface area contributed by atoms with Crippen molar-refractivity contribution in [1.29, 1.82) is 0 Å². The second-order valence-corrected chi connectivity index (χ2v) is 8.86. The van der Waals surface area contributed by atoms with Crippen molar-refractivity contribution < 1.29 is 29.3 Å². The van der Waals surface area contributed by atoms with E-state index in [2.05, 4.69) is 5.32 Å². The van der Waals surface area contributed by atoms with Crippen LogP contribution in [0, 0.1) is 0 Å². The van der Waals surface area contributed by atoms with Crippen LogP contribution >= 0.6 is 0 Å². The highest BCUT2D eigenvalue weighted by Crippen LogP contribution is 2.25. The van der Waals surface area contributed by atoms with Crippen LogP contribution in [0.15, 0.2) is 48.5 Å². The molecule has 0 spiro atoms. The Hall–Kier alpha value is -3.55. The average molecular weight is 440 g/mol. The largest absolute Gasteiger partial charge is 0.508 e. The number of carbonyl (C=O) groups excluding carboxylic acids is 2. The van der Waals surface area contributed by atoms with Gasteiger partial charge in [0, 0.05) is 19.4 Å². The van der Waals surface area contributed by atoms with Crippen molar-refractivity contribution in [3.63, 3.8) is 0 Å². The molecule has 0 saturated carbocycles. The number of aromatic hydroxyl groups is 1. The SMILES string of the molecule is CC(C)(C)OC(=O)NC(Cc1ccc(O)cc1)C(=O)N1Cc2ccccc2C[C@H]1C(=O)O. The number of aliphatic carboxylic acids is 1. The summed E-state index contributed by atoms with van der Waals surface area (Å²) in [6.45, 7) is 5.27. The minimum atomic E-state index is -1.10. The quantitative estimate of drug-likeness (QED) is 0.658. The van der Waals surface area contributed by atoms with E-state index in [0.29, 0.717) is 5.56 Å². The number of carbonyl (C=O) groups is 3. The lowest BCUT2D eigenvalue weighted by Gasteiger charge is -2.37. The number of phenolic OH excluding ortho intramolecular Hbond substituents is 1. The lowest BCUT2D eigenvalue weighted by molar-refractivity contribution is -0.152. The molecule has 8 heteroatoms. The molecule has 3 N–H and O–H groups in total. The summed E-state index contributed by atoms with van der Waals surface area (Å²) in [6, 6.07) is 11.6. The van der Waals surface area contributed by atoms with Gasteiger partial charge in [-0.2, -0.15) is 0 Å². The molecule has 3 rings (SSSR count). The smallest absolute Gasteiger partial charge is 0.408 e. The maximum atomic E-state index is 13.5. The van der Waals surface area contributed by atoms with Gasteiger partial charge in [-0.05, 0) is 49.6 Å². The summed E-state index contributed by atoms with van der Waals surface area (Å²) >= 11 is 0. The predicted octanol–water partition coefficient (Wildman–Crippen LogP) is 2.87. The molecule has 0 saturated heterocycles. The van der Waals surface area contributed by atoms with Crippen LogP contribution in [0.2, 0.25) is 0 Å². The van der Waals surface area contributed by atoms with E-state index >= 15 is 0 Å². The zero-order valence-corrected chi connectivity index (χ0v) is 18.4. The van der Waals surface area contributed by atoms with Gasteiger partial charge >= 0.3 is 12.1 Å². The number of nitrogens with one attached hydrogen (secondary N) is 1. The van der Waals surface area contributed by atoms with E-state index < -0.39 is 35.7 Å². The van der Waals surface area contributed by atoms with Crippen molar-refractivity contribution in [2.24, 2.45) is 0 Å². The number of rotatable bonds is 5. The van der Waals surface area contributed by atoms with Crippen LogP contribution in [-0.4, -0.2) is 50.8 Å². The first-order valence-electron chi connectivity index (χ1n) is 10.4. The molecule has 0 fully saturated rings. The van der Waals surface area contributed by atoms with Gasteiger partial charge in [-0.25, -0.2) is 9.59 Å². The number of hydrogen-bond acceptors (Lipinski definition) is 5. The van der Waals surface area contributed by atoms with Crippen LogP contribution in [-0.2, 0) is 33.7 Å². The number of phenols is 1. The summed E-state index contributed by atoms with van der Waals surface area (Å²) in [5.74, 6) is -1.53. The molecule has 1 aliphatic heterocycles. The highest BCUT2D eigenvalue weighted by molar-refractivity contribution is 5.90. The van der Waals surface area contributed by atoms with E-state index in [1.807, 2.05) is 24.3 Å². The van der Waals surface area contributed by atoms with Gasteiger partial charge < -0.3 is 25.2 Å². The van der Waals surface area contributed by atoms with Crippen LogP contribution < -0.4 is 5.32 Å². The Morgan fingerprint density at radius 1 is 1.09 bits per heavy atom. The number of alkyl carbamates (subject to hydrolysis) is 1. The number of amides is 2. The zero-order chi connectivity index (χ0) is 23.5. The van der Waals surface area contributed by atoms with Gasteiger partial charge in [0.05, 0.1) is 0 Å². The molecule has 1 unspecified atom stereocenters. The molecule has 8 nitrogen and oxygen atoms in total. The second-order valence-electron chi connectivity index (χ2n) is 8.86. The third-order valence-electron chi connectivity index (χ3n) is 5.18. The summed E-state index contributed by atoms with van der Waals surface area (Å²) in [4.78, 5) is 39.3. The molecule has 2 aromatic carbocycles. The van der Waals surface area contributed by atoms with E-state index in [0.717, 1.165) is 11.1 Å². The predicted molar refractivity (Wildman–Crippen MR) is 117 cm³/mol. The van der Waals surface area contributed by atoms with Crippen molar-refractivity contribution in [3.05, 3.63) is 65.2 Å². The first kappa shape index (κ1) is 23.1. The second kappa shape index (κ2) is 9.30. The van der Waals surface area contributed by atoms with E-state index in [-0.39, 0.29) is 25.1 Å². The molecule has 0 aromatic heterocycles. The number of carboxylic acids is 1. The summed E-state index contributed by atoms with van der Waals surface area (Å²) in [5, 5.41) is 21.9. The maximum absolute atomic E-state index is 13.5. The maximum Gasteiger partial charge on any atom is 0.408 e. The summed E-state index contributed by atoms with van der Waals surface area (Å²) in [5.41, 5.74) is 1.70. The molecule has 0 aliphatic carbocycles. The fourth-order valence-electron chi connectivity index (χ4n) is 3.69. The summed E-state index contributed by atoms with van der Waals surface area (Å²) in [7, 11) is 0. The topological polar surface area (TPSA) is 116 Å². The fourth-order valence-corrected chi connectivity index (χ4v) is 3.69. The molecule has 1 heterocycles. The van der Waals surface area contributed by atoms with Crippen molar-refractivity contribution in [2.75, 3.05) is 0 Å². The number of hydrogen-bond donors (Lipinski definition) is 3. The van der Waals surface area contributed by atoms with Gasteiger partial charge in [0.25, 0.3) is 0 Å². The van der Waals surface area contributed by atoms with Gasteiger partial charge in [0.2, 0.25) is 5.91 Å². The van der Waals surface area contributed by atoms with Gasteiger partial charge in [0.15, 0.2) is 0 Å². The van der Waals surface area contributed by atoms with Crippen LogP contribution in [0.25, 0.3) is 0 Å². The van der Waals surface area contributed by atoms with E-state index in [1.165, 1.54) is 17.0 Å². The Morgan fingerprint density at radius 2 is 1.72 bits per heavy atom. The van der Waals surface area contributed by atoms with E-state index in [1.54, 1.807) is 32.9 Å². The third kappa shape index (κ3) is 5.78. The summed E-state index contributed by atoms with van der Waals surface area (Å²) in [6.07, 6.45) is -0.461. The van der Waals surface area contributed by atoms with Gasteiger partial charge in [0.1, 0.15) is 23.4 Å². The highest BCUT2D eigenvalue weighted by atomic mass is 16.6. The molecular formula is C24H28N2O6. The first-order valence-corrected chi connectivity index (χ1v) is 10.4. The molecule has 2 atom stereocenters. The van der Waals surface area contributed by atoms with Crippen LogP contribution in [0.1, 0.15) is 37.5 Å². The Bertz CT molecular complexity index is 996. The molecule has 32 heavy (non-hydrogen) atoms. The number of fused-ring (bicyclic) bond motifs is 1. The van der Waals surface area contributed by atoms with E-state index in [4.69, 9.17) is 4.74 Å². The first-order chi connectivity index (χ1) is 15.0. The standard InChI is InChI=1S/C24H28N2O6/c1-24(2,3)32-23(31)25-19(12-15-8-10-18(27)11-9-15)21(28)26-14-17-7-5-4-6-16(17)13-20(26)22(29)30/h4-11,19-20,27H,12-14H2,1-3H3,(H,25,31)(H,29,30)/t19?,20-/m0/s1.